The molecule has 1 aliphatic rings. The molecule has 60 valence electrons. The summed E-state index contributed by atoms with van der Waals surface area (Å²) in [5.74, 6) is 0.717. The average molecular weight is 209 g/mol. The summed E-state index contributed by atoms with van der Waals surface area (Å²) in [7, 11) is 0. The van der Waals surface area contributed by atoms with Crippen molar-refractivity contribution in [2.75, 3.05) is 13.2 Å². The van der Waals surface area contributed by atoms with Gasteiger partial charge < -0.3 is 10.2 Å². The maximum atomic E-state index is 8.84. The van der Waals surface area contributed by atoms with Gasteiger partial charge in [-0.25, -0.2) is 0 Å². The van der Waals surface area contributed by atoms with Crippen LogP contribution in [0.25, 0.3) is 0 Å². The van der Waals surface area contributed by atoms with Crippen molar-refractivity contribution in [1.82, 2.24) is 0 Å². The smallest absolute Gasteiger partial charge is 0.0470 e. The van der Waals surface area contributed by atoms with Crippen LogP contribution >= 0.6 is 15.9 Å². The molecule has 0 aromatic carbocycles. The summed E-state index contributed by atoms with van der Waals surface area (Å²) < 4.78 is 0. The molecule has 2 nitrogen and oxygen atoms in total. The van der Waals surface area contributed by atoms with Gasteiger partial charge in [0.25, 0.3) is 0 Å². The summed E-state index contributed by atoms with van der Waals surface area (Å²) in [5.41, 5.74) is 0. The van der Waals surface area contributed by atoms with Gasteiger partial charge in [-0.15, -0.1) is 0 Å². The van der Waals surface area contributed by atoms with Gasteiger partial charge in [0, 0.05) is 18.0 Å². The quantitative estimate of drug-likeness (QED) is 0.659. The first-order valence-corrected chi connectivity index (χ1v) is 4.57. The first kappa shape index (κ1) is 8.50. The summed E-state index contributed by atoms with van der Waals surface area (Å²) in [6, 6.07) is 0. The van der Waals surface area contributed by atoms with Gasteiger partial charge in [0.05, 0.1) is 0 Å². The molecule has 0 saturated heterocycles. The third-order valence-corrected chi connectivity index (χ3v) is 3.77. The van der Waals surface area contributed by atoms with Gasteiger partial charge in [-0.05, 0) is 24.7 Å². The molecule has 3 heteroatoms. The fourth-order valence-corrected chi connectivity index (χ4v) is 2.38. The SMILES string of the molecule is OCC1CCC(CO)C1Br. The zero-order valence-electron chi connectivity index (χ0n) is 5.83. The molecule has 0 spiro atoms. The van der Waals surface area contributed by atoms with Crippen LogP contribution in [0.2, 0.25) is 0 Å². The van der Waals surface area contributed by atoms with E-state index in [1.165, 1.54) is 0 Å². The highest BCUT2D eigenvalue weighted by Crippen LogP contribution is 2.35. The second-order valence-corrected chi connectivity index (χ2v) is 3.96. The van der Waals surface area contributed by atoms with Crippen LogP contribution in [0.4, 0.5) is 0 Å². The van der Waals surface area contributed by atoms with Crippen LogP contribution in [0, 0.1) is 11.8 Å². The highest BCUT2D eigenvalue weighted by molar-refractivity contribution is 9.09. The maximum absolute atomic E-state index is 8.84. The molecule has 1 aliphatic carbocycles. The Bertz CT molecular complexity index is 95.8. The van der Waals surface area contributed by atoms with Crippen LogP contribution in [0.3, 0.4) is 0 Å². The van der Waals surface area contributed by atoms with E-state index in [4.69, 9.17) is 10.2 Å². The first-order chi connectivity index (χ1) is 4.79. The monoisotopic (exact) mass is 208 g/mol. The van der Waals surface area contributed by atoms with Crippen molar-refractivity contribution in [3.8, 4) is 0 Å². The third-order valence-electron chi connectivity index (χ3n) is 2.28. The van der Waals surface area contributed by atoms with Gasteiger partial charge in [0.1, 0.15) is 0 Å². The molecule has 0 aromatic heterocycles. The summed E-state index contributed by atoms with van der Waals surface area (Å²) in [5, 5.41) is 17.7. The van der Waals surface area contributed by atoms with Crippen molar-refractivity contribution >= 4 is 15.9 Å². The fraction of sp³-hybridized carbons (Fsp3) is 1.00. The molecular formula is C7H13BrO2. The molecule has 2 N–H and O–H groups in total. The van der Waals surface area contributed by atoms with Crippen LogP contribution in [-0.2, 0) is 0 Å². The summed E-state index contributed by atoms with van der Waals surface area (Å²) in [6.07, 6.45) is 2.08. The van der Waals surface area contributed by atoms with Gasteiger partial charge in [0.15, 0.2) is 0 Å². The highest BCUT2D eigenvalue weighted by Gasteiger charge is 2.32. The Morgan fingerprint density at radius 1 is 1.10 bits per heavy atom. The van der Waals surface area contributed by atoms with Crippen LogP contribution in [0.1, 0.15) is 12.8 Å². The molecule has 1 rings (SSSR count). The molecule has 0 aliphatic heterocycles. The second-order valence-electron chi connectivity index (χ2n) is 2.91. The predicted molar refractivity (Wildman–Crippen MR) is 43.1 cm³/mol. The topological polar surface area (TPSA) is 40.5 Å². The van der Waals surface area contributed by atoms with E-state index >= 15 is 0 Å². The molecule has 0 heterocycles. The molecule has 0 bridgehead atoms. The van der Waals surface area contributed by atoms with Crippen LogP contribution < -0.4 is 0 Å². The molecular weight excluding hydrogens is 196 g/mol. The number of halogens is 1. The number of aliphatic hydroxyl groups excluding tert-OH is 2. The van der Waals surface area contributed by atoms with Gasteiger partial charge in [0.2, 0.25) is 0 Å². The lowest BCUT2D eigenvalue weighted by atomic mass is 10.1. The average Bonchev–Trinajstić information content (AvgIpc) is 2.30. The van der Waals surface area contributed by atoms with E-state index in [2.05, 4.69) is 15.9 Å². The van der Waals surface area contributed by atoms with E-state index in [1.807, 2.05) is 0 Å². The van der Waals surface area contributed by atoms with Gasteiger partial charge in [-0.2, -0.15) is 0 Å². The van der Waals surface area contributed by atoms with Gasteiger partial charge >= 0.3 is 0 Å². The van der Waals surface area contributed by atoms with E-state index in [0.29, 0.717) is 16.7 Å². The second kappa shape index (κ2) is 3.69. The minimum absolute atomic E-state index is 0.242. The Hall–Kier alpha value is 0.400. The van der Waals surface area contributed by atoms with Crippen molar-refractivity contribution in [3.05, 3.63) is 0 Å². The molecule has 0 amide bonds. The maximum Gasteiger partial charge on any atom is 0.0470 e. The summed E-state index contributed by atoms with van der Waals surface area (Å²) >= 11 is 3.47. The van der Waals surface area contributed by atoms with E-state index < -0.39 is 0 Å². The van der Waals surface area contributed by atoms with E-state index in [9.17, 15) is 0 Å². The normalized spacial score (nSPS) is 40.5. The van der Waals surface area contributed by atoms with Crippen molar-refractivity contribution in [1.29, 1.82) is 0 Å². The standard InChI is InChI=1S/C7H13BrO2/c8-7-5(3-9)1-2-6(7)4-10/h5-7,9-10H,1-4H2. The molecule has 10 heavy (non-hydrogen) atoms. The Morgan fingerprint density at radius 3 is 1.70 bits per heavy atom. The lowest BCUT2D eigenvalue weighted by Crippen LogP contribution is -2.19. The number of alkyl halides is 1. The van der Waals surface area contributed by atoms with Crippen molar-refractivity contribution < 1.29 is 10.2 Å². The largest absolute Gasteiger partial charge is 0.396 e. The van der Waals surface area contributed by atoms with Crippen LogP contribution in [0.15, 0.2) is 0 Å². The Balaban J connectivity index is 2.41. The lowest BCUT2D eigenvalue weighted by molar-refractivity contribution is 0.210. The summed E-state index contributed by atoms with van der Waals surface area (Å²) in [4.78, 5) is 0.322. The number of aliphatic hydroxyl groups is 2. The van der Waals surface area contributed by atoms with Gasteiger partial charge in [-0.1, -0.05) is 15.9 Å². The van der Waals surface area contributed by atoms with Crippen molar-refractivity contribution in [2.45, 2.75) is 17.7 Å². The minimum atomic E-state index is 0.242. The Morgan fingerprint density at radius 2 is 1.50 bits per heavy atom. The first-order valence-electron chi connectivity index (χ1n) is 3.65. The number of hydrogen-bond acceptors (Lipinski definition) is 2. The fourth-order valence-electron chi connectivity index (χ4n) is 1.52. The van der Waals surface area contributed by atoms with Crippen LogP contribution in [-0.4, -0.2) is 28.3 Å². The Labute approximate surface area is 69.4 Å². The van der Waals surface area contributed by atoms with E-state index in [1.54, 1.807) is 0 Å². The lowest BCUT2D eigenvalue weighted by Gasteiger charge is -2.14. The number of hydrogen-bond donors (Lipinski definition) is 2. The van der Waals surface area contributed by atoms with Gasteiger partial charge in [-0.3, -0.25) is 0 Å². The molecule has 0 radical (unpaired) electrons. The van der Waals surface area contributed by atoms with Crippen molar-refractivity contribution in [2.24, 2.45) is 11.8 Å². The Kier molecular flexibility index (Phi) is 3.14. The zero-order valence-corrected chi connectivity index (χ0v) is 7.42. The molecule has 1 fully saturated rings. The number of rotatable bonds is 2. The molecule has 0 aromatic rings. The third kappa shape index (κ3) is 1.52. The van der Waals surface area contributed by atoms with Crippen molar-refractivity contribution in [3.63, 3.8) is 0 Å². The highest BCUT2D eigenvalue weighted by atomic mass is 79.9. The zero-order chi connectivity index (χ0) is 7.56. The van der Waals surface area contributed by atoms with E-state index in [0.717, 1.165) is 12.8 Å². The molecule has 2 atom stereocenters. The minimum Gasteiger partial charge on any atom is -0.396 e. The predicted octanol–water partition coefficient (Wildman–Crippen LogP) is 0.761. The molecule has 2 unspecified atom stereocenters. The van der Waals surface area contributed by atoms with Crippen LogP contribution in [0.5, 0.6) is 0 Å². The van der Waals surface area contributed by atoms with E-state index in [-0.39, 0.29) is 13.2 Å². The molecule has 1 saturated carbocycles. The summed E-state index contributed by atoms with van der Waals surface area (Å²) in [6.45, 7) is 0.485.